The molecule has 2 aromatic carbocycles. The molecule has 0 bridgehead atoms. The summed E-state index contributed by atoms with van der Waals surface area (Å²) in [5.41, 5.74) is 6.22. The van der Waals surface area contributed by atoms with Crippen LogP contribution in [0, 0.1) is 0 Å². The summed E-state index contributed by atoms with van der Waals surface area (Å²) >= 11 is 1.55. The summed E-state index contributed by atoms with van der Waals surface area (Å²) in [6.07, 6.45) is 0. The average Bonchev–Trinajstić information content (AvgIpc) is 2.39. The van der Waals surface area contributed by atoms with E-state index >= 15 is 0 Å². The lowest BCUT2D eigenvalue weighted by Crippen LogP contribution is -2.15. The van der Waals surface area contributed by atoms with Gasteiger partial charge in [0.25, 0.3) is 0 Å². The zero-order chi connectivity index (χ0) is 12.8. The highest BCUT2D eigenvalue weighted by atomic mass is 32.2. The molecule has 0 spiro atoms. The van der Waals surface area contributed by atoms with Crippen molar-refractivity contribution in [2.75, 3.05) is 23.4 Å². The highest BCUT2D eigenvalue weighted by Gasteiger charge is 2.02. The van der Waals surface area contributed by atoms with Gasteiger partial charge in [-0.1, -0.05) is 30.3 Å². The number of nitrogens with one attached hydrogen (secondary N) is 1. The minimum absolute atomic E-state index is 0.0173. The number of hydrogen-bond donors (Lipinski definition) is 2. The molecule has 94 valence electrons. The fraction of sp³-hybridized carbons (Fsp3) is 0.214. The molecule has 0 aliphatic rings. The molecule has 0 fully saturated rings. The second-order valence-corrected chi connectivity index (χ2v) is 5.06. The first-order valence-corrected chi connectivity index (χ1v) is 7.01. The number of rotatable bonds is 5. The molecular weight excluding hydrogens is 244 g/mol. The molecule has 0 aliphatic heterocycles. The molecule has 1 amide bonds. The van der Waals surface area contributed by atoms with Gasteiger partial charge in [0, 0.05) is 18.0 Å². The number of fused-ring (bicyclic) bond motifs is 1. The van der Waals surface area contributed by atoms with Gasteiger partial charge < -0.3 is 11.1 Å². The molecule has 3 nitrogen and oxygen atoms in total. The molecule has 0 heterocycles. The Morgan fingerprint density at radius 3 is 2.72 bits per heavy atom. The van der Waals surface area contributed by atoms with E-state index in [-0.39, 0.29) is 5.91 Å². The lowest BCUT2D eigenvalue weighted by Gasteiger charge is -2.06. The number of hydrogen-bond acceptors (Lipinski definition) is 3. The Bertz CT molecular complexity index is 542. The van der Waals surface area contributed by atoms with E-state index in [0.717, 1.165) is 16.8 Å². The molecule has 0 saturated heterocycles. The zero-order valence-electron chi connectivity index (χ0n) is 10.1. The van der Waals surface area contributed by atoms with Crippen molar-refractivity contribution in [1.82, 2.24) is 0 Å². The lowest BCUT2D eigenvalue weighted by molar-refractivity contribution is -0.113. The Hall–Kier alpha value is -1.52. The van der Waals surface area contributed by atoms with Crippen LogP contribution in [0.25, 0.3) is 10.8 Å². The van der Waals surface area contributed by atoms with Crippen molar-refractivity contribution in [1.29, 1.82) is 0 Å². The van der Waals surface area contributed by atoms with Gasteiger partial charge in [-0.2, -0.15) is 11.8 Å². The molecule has 18 heavy (non-hydrogen) atoms. The van der Waals surface area contributed by atoms with E-state index in [1.807, 2.05) is 36.4 Å². The van der Waals surface area contributed by atoms with Gasteiger partial charge in [-0.3, -0.25) is 4.79 Å². The molecule has 0 radical (unpaired) electrons. The SMILES string of the molecule is NCCSCC(=O)Nc1ccc2ccccc2c1. The number of benzene rings is 2. The van der Waals surface area contributed by atoms with Gasteiger partial charge in [-0.15, -0.1) is 0 Å². The monoisotopic (exact) mass is 260 g/mol. The van der Waals surface area contributed by atoms with Crippen molar-refractivity contribution in [2.24, 2.45) is 5.73 Å². The second kappa shape index (κ2) is 6.42. The molecule has 0 unspecified atom stereocenters. The van der Waals surface area contributed by atoms with Crippen LogP contribution in [0.15, 0.2) is 42.5 Å². The van der Waals surface area contributed by atoms with Gasteiger partial charge in [0.15, 0.2) is 0 Å². The third-order valence-corrected chi connectivity index (χ3v) is 3.52. The van der Waals surface area contributed by atoms with Crippen LogP contribution in [0.3, 0.4) is 0 Å². The van der Waals surface area contributed by atoms with Gasteiger partial charge in [0.05, 0.1) is 5.75 Å². The summed E-state index contributed by atoms with van der Waals surface area (Å²) in [6, 6.07) is 14.0. The molecule has 4 heteroatoms. The highest BCUT2D eigenvalue weighted by molar-refractivity contribution is 7.99. The van der Waals surface area contributed by atoms with Gasteiger partial charge in [-0.05, 0) is 22.9 Å². The van der Waals surface area contributed by atoms with E-state index in [1.165, 1.54) is 5.39 Å². The number of carbonyl (C=O) groups excluding carboxylic acids is 1. The van der Waals surface area contributed by atoms with E-state index in [9.17, 15) is 4.79 Å². The number of anilines is 1. The lowest BCUT2D eigenvalue weighted by atomic mass is 10.1. The van der Waals surface area contributed by atoms with Crippen LogP contribution in [-0.2, 0) is 4.79 Å². The summed E-state index contributed by atoms with van der Waals surface area (Å²) in [6.45, 7) is 0.605. The van der Waals surface area contributed by atoms with Gasteiger partial charge >= 0.3 is 0 Å². The van der Waals surface area contributed by atoms with Crippen molar-refractivity contribution in [3.8, 4) is 0 Å². The molecule has 3 N–H and O–H groups in total. The fourth-order valence-electron chi connectivity index (χ4n) is 1.71. The van der Waals surface area contributed by atoms with Crippen LogP contribution in [0.1, 0.15) is 0 Å². The quantitative estimate of drug-likeness (QED) is 0.812. The fourth-order valence-corrected chi connectivity index (χ4v) is 2.28. The zero-order valence-corrected chi connectivity index (χ0v) is 10.9. The molecule has 2 rings (SSSR count). The Morgan fingerprint density at radius 2 is 1.94 bits per heavy atom. The summed E-state index contributed by atoms with van der Waals surface area (Å²) in [5.74, 6) is 1.28. The summed E-state index contributed by atoms with van der Waals surface area (Å²) in [4.78, 5) is 11.7. The first-order chi connectivity index (χ1) is 8.79. The first-order valence-electron chi connectivity index (χ1n) is 5.86. The predicted molar refractivity (Wildman–Crippen MR) is 79.0 cm³/mol. The Morgan fingerprint density at radius 1 is 1.17 bits per heavy atom. The maximum absolute atomic E-state index is 11.7. The minimum atomic E-state index is 0.0173. The van der Waals surface area contributed by atoms with Crippen molar-refractivity contribution < 1.29 is 4.79 Å². The average molecular weight is 260 g/mol. The van der Waals surface area contributed by atoms with Crippen LogP contribution in [0.2, 0.25) is 0 Å². The molecule has 0 atom stereocenters. The van der Waals surface area contributed by atoms with Gasteiger partial charge in [0.2, 0.25) is 5.91 Å². The topological polar surface area (TPSA) is 55.1 Å². The predicted octanol–water partition coefficient (Wildman–Crippen LogP) is 2.47. The van der Waals surface area contributed by atoms with E-state index in [2.05, 4.69) is 11.4 Å². The van der Waals surface area contributed by atoms with Gasteiger partial charge in [-0.25, -0.2) is 0 Å². The van der Waals surface area contributed by atoms with Crippen LogP contribution < -0.4 is 11.1 Å². The molecule has 0 saturated carbocycles. The number of carbonyl (C=O) groups is 1. The summed E-state index contributed by atoms with van der Waals surface area (Å²) in [7, 11) is 0. The van der Waals surface area contributed by atoms with Crippen LogP contribution in [-0.4, -0.2) is 24.0 Å². The largest absolute Gasteiger partial charge is 0.330 e. The van der Waals surface area contributed by atoms with Crippen molar-refractivity contribution in [3.05, 3.63) is 42.5 Å². The number of amides is 1. The molecule has 2 aromatic rings. The van der Waals surface area contributed by atoms with Crippen LogP contribution in [0.5, 0.6) is 0 Å². The highest BCUT2D eigenvalue weighted by Crippen LogP contribution is 2.18. The van der Waals surface area contributed by atoms with E-state index < -0.39 is 0 Å². The summed E-state index contributed by atoms with van der Waals surface area (Å²) in [5, 5.41) is 5.20. The second-order valence-electron chi connectivity index (χ2n) is 3.95. The normalized spacial score (nSPS) is 10.5. The number of thioether (sulfide) groups is 1. The Kier molecular flexibility index (Phi) is 4.61. The molecular formula is C14H16N2OS. The van der Waals surface area contributed by atoms with E-state index in [1.54, 1.807) is 11.8 Å². The van der Waals surface area contributed by atoms with Crippen LogP contribution >= 0.6 is 11.8 Å². The maximum Gasteiger partial charge on any atom is 0.234 e. The first kappa shape index (κ1) is 12.9. The standard InChI is InChI=1S/C14H16N2OS/c15-7-8-18-10-14(17)16-13-6-5-11-3-1-2-4-12(11)9-13/h1-6,9H,7-8,10,15H2,(H,16,17). The van der Waals surface area contributed by atoms with Crippen molar-refractivity contribution >= 4 is 34.1 Å². The van der Waals surface area contributed by atoms with E-state index in [4.69, 9.17) is 5.73 Å². The Balaban J connectivity index is 2.01. The third-order valence-electron chi connectivity index (χ3n) is 2.53. The maximum atomic E-state index is 11.7. The van der Waals surface area contributed by atoms with Gasteiger partial charge in [0.1, 0.15) is 0 Å². The third kappa shape index (κ3) is 3.48. The van der Waals surface area contributed by atoms with Crippen molar-refractivity contribution in [2.45, 2.75) is 0 Å². The summed E-state index contributed by atoms with van der Waals surface area (Å²) < 4.78 is 0. The number of nitrogens with two attached hydrogens (primary N) is 1. The smallest absolute Gasteiger partial charge is 0.234 e. The van der Waals surface area contributed by atoms with Crippen molar-refractivity contribution in [3.63, 3.8) is 0 Å². The molecule has 0 aliphatic carbocycles. The Labute approximate surface area is 111 Å². The van der Waals surface area contributed by atoms with E-state index in [0.29, 0.717) is 12.3 Å². The molecule has 0 aromatic heterocycles. The van der Waals surface area contributed by atoms with Crippen LogP contribution in [0.4, 0.5) is 5.69 Å². The minimum Gasteiger partial charge on any atom is -0.330 e.